The van der Waals surface area contributed by atoms with Crippen LogP contribution in [0.2, 0.25) is 4.34 Å². The summed E-state index contributed by atoms with van der Waals surface area (Å²) in [6.07, 6.45) is 0.398. The highest BCUT2D eigenvalue weighted by Crippen LogP contribution is 2.23. The highest BCUT2D eigenvalue weighted by atomic mass is 35.5. The predicted molar refractivity (Wildman–Crippen MR) is 71.2 cm³/mol. The van der Waals surface area contributed by atoms with Gasteiger partial charge in [-0.15, -0.1) is 11.3 Å². The van der Waals surface area contributed by atoms with Crippen LogP contribution in [0.3, 0.4) is 0 Å². The maximum absolute atomic E-state index is 5.89. The Morgan fingerprint density at radius 2 is 2.00 bits per heavy atom. The van der Waals surface area contributed by atoms with Gasteiger partial charge in [0, 0.05) is 24.5 Å². The van der Waals surface area contributed by atoms with Crippen LogP contribution in [0.25, 0.3) is 0 Å². The fourth-order valence-electron chi connectivity index (χ4n) is 1.52. The standard InChI is InChI=1S/C11H19ClN2O2S/c1-3-15-11(16-4-2)9(14-13)7-8-5-6-10(12)17-8/h5-6,9,11,14H,3-4,7,13H2,1-2H3. The first-order valence-electron chi connectivity index (χ1n) is 5.64. The zero-order valence-electron chi connectivity index (χ0n) is 10.1. The van der Waals surface area contributed by atoms with Gasteiger partial charge in [-0.05, 0) is 26.0 Å². The van der Waals surface area contributed by atoms with Crippen molar-refractivity contribution in [3.63, 3.8) is 0 Å². The molecule has 1 rings (SSSR count). The molecule has 0 aromatic carbocycles. The average Bonchev–Trinajstić information content (AvgIpc) is 2.72. The molecule has 0 aliphatic carbocycles. The van der Waals surface area contributed by atoms with Gasteiger partial charge >= 0.3 is 0 Å². The first-order valence-corrected chi connectivity index (χ1v) is 6.84. The zero-order valence-corrected chi connectivity index (χ0v) is 11.7. The molecule has 3 N–H and O–H groups in total. The van der Waals surface area contributed by atoms with Crippen molar-refractivity contribution < 1.29 is 9.47 Å². The van der Waals surface area contributed by atoms with Gasteiger partial charge in [-0.1, -0.05) is 11.6 Å². The molecule has 0 aliphatic heterocycles. The first-order chi connectivity index (χ1) is 8.21. The highest BCUT2D eigenvalue weighted by Gasteiger charge is 2.22. The summed E-state index contributed by atoms with van der Waals surface area (Å²) in [7, 11) is 0. The molecule has 0 aliphatic rings. The van der Waals surface area contributed by atoms with Gasteiger partial charge in [0.2, 0.25) is 0 Å². The van der Waals surface area contributed by atoms with E-state index in [0.717, 1.165) is 15.6 Å². The molecule has 0 saturated heterocycles. The third kappa shape index (κ3) is 4.91. The van der Waals surface area contributed by atoms with Gasteiger partial charge in [0.1, 0.15) is 0 Å². The number of hydrogen-bond donors (Lipinski definition) is 2. The van der Waals surface area contributed by atoms with Crippen LogP contribution in [-0.2, 0) is 15.9 Å². The Hall–Kier alpha value is -0.170. The molecule has 98 valence electrons. The molecular formula is C11H19ClN2O2S. The molecular weight excluding hydrogens is 260 g/mol. The van der Waals surface area contributed by atoms with Crippen molar-refractivity contribution in [1.82, 2.24) is 5.43 Å². The van der Waals surface area contributed by atoms with E-state index in [-0.39, 0.29) is 12.3 Å². The van der Waals surface area contributed by atoms with Crippen LogP contribution in [0.1, 0.15) is 18.7 Å². The number of rotatable bonds is 8. The quantitative estimate of drug-likeness (QED) is 0.435. The van der Waals surface area contributed by atoms with Gasteiger partial charge in [-0.2, -0.15) is 0 Å². The Kier molecular flexibility index (Phi) is 7.03. The lowest BCUT2D eigenvalue weighted by molar-refractivity contribution is -0.153. The fraction of sp³-hybridized carbons (Fsp3) is 0.636. The van der Waals surface area contributed by atoms with Crippen LogP contribution < -0.4 is 11.3 Å². The summed E-state index contributed by atoms with van der Waals surface area (Å²) in [4.78, 5) is 1.15. The van der Waals surface area contributed by atoms with E-state index in [1.807, 2.05) is 26.0 Å². The van der Waals surface area contributed by atoms with E-state index in [2.05, 4.69) is 5.43 Å². The molecule has 1 aromatic rings. The van der Waals surface area contributed by atoms with Crippen LogP contribution >= 0.6 is 22.9 Å². The molecule has 4 nitrogen and oxygen atoms in total. The number of thiophene rings is 1. The molecule has 0 amide bonds. The Balaban J connectivity index is 2.61. The van der Waals surface area contributed by atoms with E-state index in [4.69, 9.17) is 26.9 Å². The van der Waals surface area contributed by atoms with Crippen LogP contribution in [-0.4, -0.2) is 25.5 Å². The molecule has 1 heterocycles. The minimum Gasteiger partial charge on any atom is -0.351 e. The number of ether oxygens (including phenoxy) is 2. The molecule has 0 fully saturated rings. The molecule has 6 heteroatoms. The molecule has 1 unspecified atom stereocenters. The second kappa shape index (κ2) is 8.02. The summed E-state index contributed by atoms with van der Waals surface area (Å²) < 4.78 is 11.8. The van der Waals surface area contributed by atoms with E-state index in [1.165, 1.54) is 0 Å². The lowest BCUT2D eigenvalue weighted by Crippen LogP contribution is -2.47. The van der Waals surface area contributed by atoms with E-state index in [1.54, 1.807) is 11.3 Å². The van der Waals surface area contributed by atoms with Crippen molar-refractivity contribution in [2.45, 2.75) is 32.6 Å². The van der Waals surface area contributed by atoms with Gasteiger partial charge in [-0.3, -0.25) is 11.3 Å². The van der Waals surface area contributed by atoms with Crippen molar-refractivity contribution in [3.05, 3.63) is 21.3 Å². The van der Waals surface area contributed by atoms with E-state index >= 15 is 0 Å². The molecule has 1 aromatic heterocycles. The van der Waals surface area contributed by atoms with Crippen molar-refractivity contribution in [2.75, 3.05) is 13.2 Å². The molecule has 0 bridgehead atoms. The van der Waals surface area contributed by atoms with Crippen molar-refractivity contribution >= 4 is 22.9 Å². The maximum atomic E-state index is 5.89. The Labute approximate surface area is 111 Å². The fourth-order valence-corrected chi connectivity index (χ4v) is 2.67. The molecule has 0 radical (unpaired) electrons. The molecule has 0 saturated carbocycles. The van der Waals surface area contributed by atoms with Gasteiger partial charge in [0.25, 0.3) is 0 Å². The van der Waals surface area contributed by atoms with Gasteiger partial charge in [0.05, 0.1) is 10.4 Å². The summed E-state index contributed by atoms with van der Waals surface area (Å²) in [6, 6.07) is 3.79. The van der Waals surface area contributed by atoms with Crippen LogP contribution in [0.5, 0.6) is 0 Å². The minimum absolute atomic E-state index is 0.0791. The van der Waals surface area contributed by atoms with Gasteiger partial charge < -0.3 is 9.47 Å². The van der Waals surface area contributed by atoms with Gasteiger partial charge in [-0.25, -0.2) is 0 Å². The summed E-state index contributed by atoms with van der Waals surface area (Å²) in [5, 5.41) is 0. The number of halogens is 1. The number of nitrogens with two attached hydrogens (primary N) is 1. The number of hydrogen-bond acceptors (Lipinski definition) is 5. The minimum atomic E-state index is -0.337. The largest absolute Gasteiger partial charge is 0.351 e. The van der Waals surface area contributed by atoms with E-state index < -0.39 is 0 Å². The normalized spacial score (nSPS) is 13.2. The third-order valence-corrected chi connectivity index (χ3v) is 3.51. The Morgan fingerprint density at radius 3 is 2.41 bits per heavy atom. The average molecular weight is 279 g/mol. The Morgan fingerprint density at radius 1 is 1.35 bits per heavy atom. The lowest BCUT2D eigenvalue weighted by Gasteiger charge is -2.25. The lowest BCUT2D eigenvalue weighted by atomic mass is 10.2. The second-order valence-electron chi connectivity index (χ2n) is 3.46. The van der Waals surface area contributed by atoms with Crippen molar-refractivity contribution in [1.29, 1.82) is 0 Å². The monoisotopic (exact) mass is 278 g/mol. The van der Waals surface area contributed by atoms with Crippen molar-refractivity contribution in [2.24, 2.45) is 5.84 Å². The third-order valence-electron chi connectivity index (χ3n) is 2.25. The topological polar surface area (TPSA) is 56.5 Å². The summed E-state index contributed by atoms with van der Waals surface area (Å²) in [6.45, 7) is 5.05. The number of nitrogens with one attached hydrogen (secondary N) is 1. The zero-order chi connectivity index (χ0) is 12.7. The summed E-state index contributed by atoms with van der Waals surface area (Å²) in [5.74, 6) is 5.55. The second-order valence-corrected chi connectivity index (χ2v) is 5.26. The Bertz CT molecular complexity index is 316. The van der Waals surface area contributed by atoms with Crippen LogP contribution in [0.4, 0.5) is 0 Å². The van der Waals surface area contributed by atoms with E-state index in [9.17, 15) is 0 Å². The maximum Gasteiger partial charge on any atom is 0.174 e. The predicted octanol–water partition coefficient (Wildman–Crippen LogP) is 2.18. The summed E-state index contributed by atoms with van der Waals surface area (Å²) >= 11 is 7.44. The molecule has 17 heavy (non-hydrogen) atoms. The molecule has 1 atom stereocenters. The van der Waals surface area contributed by atoms with E-state index in [0.29, 0.717) is 13.2 Å². The van der Waals surface area contributed by atoms with Gasteiger partial charge in [0.15, 0.2) is 6.29 Å². The van der Waals surface area contributed by atoms with Crippen LogP contribution in [0, 0.1) is 0 Å². The SMILES string of the molecule is CCOC(OCC)C(Cc1ccc(Cl)s1)NN. The highest BCUT2D eigenvalue weighted by molar-refractivity contribution is 7.16. The summed E-state index contributed by atoms with van der Waals surface area (Å²) in [5.41, 5.74) is 2.74. The molecule has 0 spiro atoms. The van der Waals surface area contributed by atoms with Crippen LogP contribution in [0.15, 0.2) is 12.1 Å². The first kappa shape index (κ1) is 14.9. The smallest absolute Gasteiger partial charge is 0.174 e. The van der Waals surface area contributed by atoms with Crippen molar-refractivity contribution in [3.8, 4) is 0 Å². The number of hydrazine groups is 1.